The number of nitrogens with zero attached hydrogens (tertiary/aromatic N) is 5. The van der Waals surface area contributed by atoms with Gasteiger partial charge in [0.1, 0.15) is 5.52 Å². The molecule has 0 spiro atoms. The monoisotopic (exact) mass is 374 g/mol. The van der Waals surface area contributed by atoms with Gasteiger partial charge in [0.25, 0.3) is 5.95 Å². The van der Waals surface area contributed by atoms with E-state index in [4.69, 9.17) is 5.11 Å². The molecule has 0 saturated heterocycles. The molecule has 8 heteroatoms. The summed E-state index contributed by atoms with van der Waals surface area (Å²) in [6.45, 7) is 2.95. The summed E-state index contributed by atoms with van der Waals surface area (Å²) in [5.41, 5.74) is 6.39. The number of anilines is 1. The van der Waals surface area contributed by atoms with Crippen LogP contribution in [0, 0.1) is 0 Å². The maximum Gasteiger partial charge on any atom is 0.335 e. The lowest BCUT2D eigenvalue weighted by atomic mass is 10.1. The summed E-state index contributed by atoms with van der Waals surface area (Å²) in [6.07, 6.45) is 2.55. The molecule has 0 aliphatic heterocycles. The van der Waals surface area contributed by atoms with E-state index in [1.807, 2.05) is 18.2 Å². The number of para-hydroxylation sites is 1. The lowest BCUT2D eigenvalue weighted by molar-refractivity contribution is 0.0697. The van der Waals surface area contributed by atoms with E-state index in [-0.39, 0.29) is 5.56 Å². The minimum absolute atomic E-state index is 0.229. The van der Waals surface area contributed by atoms with Gasteiger partial charge in [0.05, 0.1) is 17.3 Å². The van der Waals surface area contributed by atoms with Crippen LogP contribution in [0.4, 0.5) is 5.95 Å². The van der Waals surface area contributed by atoms with Crippen molar-refractivity contribution in [3.8, 4) is 0 Å². The van der Waals surface area contributed by atoms with Crippen molar-refractivity contribution in [2.75, 3.05) is 5.43 Å². The number of carboxylic acids is 1. The van der Waals surface area contributed by atoms with Crippen LogP contribution in [0.25, 0.3) is 22.1 Å². The summed E-state index contributed by atoms with van der Waals surface area (Å²) in [5, 5.41) is 22.5. The summed E-state index contributed by atoms with van der Waals surface area (Å²) in [5.74, 6) is -0.664. The Morgan fingerprint density at radius 2 is 1.96 bits per heavy atom. The van der Waals surface area contributed by atoms with E-state index in [2.05, 4.69) is 43.3 Å². The van der Waals surface area contributed by atoms with Gasteiger partial charge in [-0.3, -0.25) is 0 Å². The summed E-state index contributed by atoms with van der Waals surface area (Å²) in [7, 11) is 0. The van der Waals surface area contributed by atoms with Gasteiger partial charge >= 0.3 is 5.97 Å². The molecule has 0 aliphatic rings. The van der Waals surface area contributed by atoms with Crippen LogP contribution >= 0.6 is 0 Å². The van der Waals surface area contributed by atoms with Gasteiger partial charge in [-0.25, -0.2) is 10.2 Å². The van der Waals surface area contributed by atoms with Gasteiger partial charge in [0.15, 0.2) is 5.65 Å². The topological polar surface area (TPSA) is 105 Å². The fourth-order valence-corrected chi connectivity index (χ4v) is 3.08. The van der Waals surface area contributed by atoms with Crippen molar-refractivity contribution in [2.45, 2.75) is 19.9 Å². The number of carbonyl (C=O) groups is 1. The highest BCUT2D eigenvalue weighted by atomic mass is 16.4. The number of aryl methyl sites for hydroxylation is 1. The second-order valence-corrected chi connectivity index (χ2v) is 6.27. The number of benzene rings is 2. The van der Waals surface area contributed by atoms with E-state index in [1.165, 1.54) is 12.1 Å². The van der Waals surface area contributed by atoms with Crippen LogP contribution in [-0.2, 0) is 6.54 Å². The van der Waals surface area contributed by atoms with Crippen LogP contribution in [0.3, 0.4) is 0 Å². The van der Waals surface area contributed by atoms with Crippen LogP contribution < -0.4 is 5.43 Å². The standard InChI is InChI=1S/C20H18N6O2/c1-2-11-26-16-6-4-3-5-15(16)17-18(26)22-20(25-23-17)24-21-12-13-7-9-14(10-8-13)19(27)28/h3-10,12H,2,11H2,1H3,(H,27,28)(H,22,24,25)/b21-12+. The molecule has 4 aromatic rings. The number of aromatic nitrogens is 4. The maximum absolute atomic E-state index is 10.9. The minimum Gasteiger partial charge on any atom is -0.478 e. The van der Waals surface area contributed by atoms with Gasteiger partial charge in [0, 0.05) is 11.9 Å². The Labute approximate surface area is 160 Å². The number of hydrogen-bond acceptors (Lipinski definition) is 6. The highest BCUT2D eigenvalue weighted by Crippen LogP contribution is 2.26. The molecule has 0 aliphatic carbocycles. The number of fused-ring (bicyclic) bond motifs is 3. The number of hydrazone groups is 1. The van der Waals surface area contributed by atoms with Gasteiger partial charge < -0.3 is 9.67 Å². The smallest absolute Gasteiger partial charge is 0.335 e. The molecule has 2 N–H and O–H groups in total. The molecule has 0 saturated carbocycles. The van der Waals surface area contributed by atoms with E-state index in [1.54, 1.807) is 18.3 Å². The van der Waals surface area contributed by atoms with Crippen LogP contribution in [0.1, 0.15) is 29.3 Å². The molecule has 8 nitrogen and oxygen atoms in total. The highest BCUT2D eigenvalue weighted by molar-refractivity contribution is 6.04. The second-order valence-electron chi connectivity index (χ2n) is 6.27. The molecule has 0 radical (unpaired) electrons. The van der Waals surface area contributed by atoms with E-state index < -0.39 is 5.97 Å². The van der Waals surface area contributed by atoms with Gasteiger partial charge in [-0.2, -0.15) is 10.1 Å². The quantitative estimate of drug-likeness (QED) is 0.395. The average Bonchev–Trinajstić information content (AvgIpc) is 3.02. The Bertz CT molecular complexity index is 1180. The van der Waals surface area contributed by atoms with Crippen molar-refractivity contribution in [2.24, 2.45) is 5.10 Å². The fraction of sp³-hybridized carbons (Fsp3) is 0.150. The van der Waals surface area contributed by atoms with E-state index in [0.29, 0.717) is 5.95 Å². The van der Waals surface area contributed by atoms with Crippen LogP contribution in [0.15, 0.2) is 53.6 Å². The summed E-state index contributed by atoms with van der Waals surface area (Å²) in [4.78, 5) is 15.5. The van der Waals surface area contributed by atoms with Crippen molar-refractivity contribution < 1.29 is 9.90 Å². The minimum atomic E-state index is -0.961. The third-order valence-corrected chi connectivity index (χ3v) is 4.36. The average molecular weight is 374 g/mol. The Hall–Kier alpha value is -3.81. The predicted octanol–water partition coefficient (Wildman–Crippen LogP) is 3.53. The van der Waals surface area contributed by atoms with Crippen LogP contribution in [0.2, 0.25) is 0 Å². The number of rotatable bonds is 6. The van der Waals surface area contributed by atoms with Crippen LogP contribution in [0.5, 0.6) is 0 Å². The molecule has 2 heterocycles. The molecule has 140 valence electrons. The van der Waals surface area contributed by atoms with Crippen LogP contribution in [-0.4, -0.2) is 37.0 Å². The third kappa shape index (κ3) is 3.27. The normalized spacial score (nSPS) is 11.5. The molecule has 28 heavy (non-hydrogen) atoms. The van der Waals surface area contributed by atoms with E-state index in [9.17, 15) is 4.79 Å². The molecule has 0 fully saturated rings. The number of aromatic carboxylic acids is 1. The zero-order valence-corrected chi connectivity index (χ0v) is 15.2. The molecule has 2 aromatic carbocycles. The SMILES string of the molecule is CCCn1c2ccccc2c2nnc(N/N=C/c3ccc(C(=O)O)cc3)nc21. The first-order chi connectivity index (χ1) is 13.7. The molecule has 0 bridgehead atoms. The predicted molar refractivity (Wildman–Crippen MR) is 108 cm³/mol. The van der Waals surface area contributed by atoms with Crippen molar-refractivity contribution in [3.63, 3.8) is 0 Å². The summed E-state index contributed by atoms with van der Waals surface area (Å²) >= 11 is 0. The zero-order chi connectivity index (χ0) is 19.5. The Morgan fingerprint density at radius 1 is 1.18 bits per heavy atom. The Balaban J connectivity index is 1.61. The lowest BCUT2D eigenvalue weighted by Crippen LogP contribution is -2.03. The van der Waals surface area contributed by atoms with Crippen molar-refractivity contribution in [3.05, 3.63) is 59.7 Å². The fourth-order valence-electron chi connectivity index (χ4n) is 3.08. The second kappa shape index (κ2) is 7.43. The van der Waals surface area contributed by atoms with E-state index >= 15 is 0 Å². The van der Waals surface area contributed by atoms with Gasteiger partial charge in [-0.05, 0) is 30.2 Å². The molecule has 0 amide bonds. The first-order valence-corrected chi connectivity index (χ1v) is 8.91. The molecule has 4 rings (SSSR count). The van der Waals surface area contributed by atoms with Crippen molar-refractivity contribution in [1.29, 1.82) is 0 Å². The zero-order valence-electron chi connectivity index (χ0n) is 15.2. The largest absolute Gasteiger partial charge is 0.478 e. The molecule has 2 aromatic heterocycles. The Morgan fingerprint density at radius 3 is 2.71 bits per heavy atom. The van der Waals surface area contributed by atoms with Gasteiger partial charge in [-0.1, -0.05) is 37.3 Å². The summed E-state index contributed by atoms with van der Waals surface area (Å²) < 4.78 is 2.14. The lowest BCUT2D eigenvalue weighted by Gasteiger charge is -2.04. The van der Waals surface area contributed by atoms with Gasteiger partial charge in [-0.15, -0.1) is 10.2 Å². The molecule has 0 unspecified atom stereocenters. The van der Waals surface area contributed by atoms with Crippen molar-refractivity contribution in [1.82, 2.24) is 19.7 Å². The van der Waals surface area contributed by atoms with Gasteiger partial charge in [0.2, 0.25) is 0 Å². The molecule has 0 atom stereocenters. The highest BCUT2D eigenvalue weighted by Gasteiger charge is 2.13. The number of hydrogen-bond donors (Lipinski definition) is 2. The first kappa shape index (κ1) is 17.6. The number of nitrogens with one attached hydrogen (secondary N) is 1. The molecular formula is C20H18N6O2. The number of carboxylic acid groups (broad SMARTS) is 1. The first-order valence-electron chi connectivity index (χ1n) is 8.91. The van der Waals surface area contributed by atoms with E-state index in [0.717, 1.165) is 40.6 Å². The summed E-state index contributed by atoms with van der Waals surface area (Å²) in [6, 6.07) is 14.5. The third-order valence-electron chi connectivity index (χ3n) is 4.36. The molecular weight excluding hydrogens is 356 g/mol. The maximum atomic E-state index is 10.9. The Kier molecular flexibility index (Phi) is 4.67. The van der Waals surface area contributed by atoms with Crippen molar-refractivity contribution >= 4 is 40.2 Å².